The quantitative estimate of drug-likeness (QED) is 0.523. The van der Waals surface area contributed by atoms with E-state index in [0.717, 1.165) is 21.7 Å². The van der Waals surface area contributed by atoms with Crippen LogP contribution in [0.15, 0.2) is 47.6 Å². The molecule has 0 radical (unpaired) electrons. The van der Waals surface area contributed by atoms with Gasteiger partial charge in [0.15, 0.2) is 0 Å². The number of aryl methyl sites for hydroxylation is 1. The Hall–Kier alpha value is -3.07. The highest BCUT2D eigenvalue weighted by molar-refractivity contribution is 7.92. The lowest BCUT2D eigenvalue weighted by atomic mass is 10.1. The van der Waals surface area contributed by atoms with Gasteiger partial charge in [-0.3, -0.25) is 9.10 Å². The van der Waals surface area contributed by atoms with Crippen molar-refractivity contribution in [1.82, 2.24) is 5.43 Å². The predicted octanol–water partition coefficient (Wildman–Crippen LogP) is 2.32. The van der Waals surface area contributed by atoms with Gasteiger partial charge in [0, 0.05) is 6.07 Å². The minimum atomic E-state index is -3.78. The lowest BCUT2D eigenvalue weighted by molar-refractivity contribution is -0.119. The Morgan fingerprint density at radius 1 is 1.10 bits per heavy atom. The van der Waals surface area contributed by atoms with Gasteiger partial charge in [-0.25, -0.2) is 13.8 Å². The maximum Gasteiger partial charge on any atom is 0.260 e. The normalized spacial score (nSPS) is 11.7. The molecule has 0 aliphatic carbocycles. The van der Waals surface area contributed by atoms with Crippen molar-refractivity contribution in [3.05, 3.63) is 53.6 Å². The number of hydrogen-bond donors (Lipinski definition) is 1. The minimum absolute atomic E-state index is 0.198. The molecule has 0 unspecified atom stereocenters. The van der Waals surface area contributed by atoms with E-state index in [-0.39, 0.29) is 5.69 Å². The van der Waals surface area contributed by atoms with Crippen LogP contribution in [0.5, 0.6) is 11.5 Å². The van der Waals surface area contributed by atoms with Crippen LogP contribution < -0.4 is 19.2 Å². The summed E-state index contributed by atoms with van der Waals surface area (Å²) in [6.45, 7) is 3.27. The van der Waals surface area contributed by atoms with Gasteiger partial charge < -0.3 is 9.47 Å². The van der Waals surface area contributed by atoms with Crippen molar-refractivity contribution >= 4 is 27.3 Å². The Morgan fingerprint density at radius 2 is 1.76 bits per heavy atom. The summed E-state index contributed by atoms with van der Waals surface area (Å²) in [5.41, 5.74) is 5.17. The van der Waals surface area contributed by atoms with Crippen LogP contribution in [0.3, 0.4) is 0 Å². The number of carbonyl (C=O) groups excluding carboxylic acids is 1. The number of sulfonamides is 1. The number of methoxy groups -OCH3 is 2. The molecule has 0 saturated heterocycles. The van der Waals surface area contributed by atoms with Crippen LogP contribution in [0, 0.1) is 6.92 Å². The number of anilines is 1. The number of hydrogen-bond acceptors (Lipinski definition) is 6. The molecule has 1 amide bonds. The first-order valence-electron chi connectivity index (χ1n) is 8.75. The zero-order valence-corrected chi connectivity index (χ0v) is 17.9. The number of ether oxygens (including phenoxy) is 2. The second-order valence-electron chi connectivity index (χ2n) is 6.41. The van der Waals surface area contributed by atoms with Gasteiger partial charge >= 0.3 is 0 Å². The molecular formula is C20H25N3O5S. The lowest BCUT2D eigenvalue weighted by Crippen LogP contribution is -2.39. The van der Waals surface area contributed by atoms with Crippen LogP contribution in [-0.4, -0.2) is 47.1 Å². The van der Waals surface area contributed by atoms with E-state index in [1.165, 1.54) is 20.3 Å². The van der Waals surface area contributed by atoms with E-state index in [2.05, 4.69) is 10.5 Å². The minimum Gasteiger partial charge on any atom is -0.497 e. The molecule has 0 aliphatic heterocycles. The largest absolute Gasteiger partial charge is 0.497 e. The summed E-state index contributed by atoms with van der Waals surface area (Å²) in [5, 5.41) is 4.07. The molecule has 0 fully saturated rings. The molecule has 0 bridgehead atoms. The first-order chi connectivity index (χ1) is 13.7. The highest BCUT2D eigenvalue weighted by atomic mass is 32.2. The van der Waals surface area contributed by atoms with Crippen LogP contribution in [0.2, 0.25) is 0 Å². The summed E-state index contributed by atoms with van der Waals surface area (Å²) >= 11 is 0. The zero-order chi connectivity index (χ0) is 21.6. The predicted molar refractivity (Wildman–Crippen MR) is 113 cm³/mol. The molecule has 9 heteroatoms. The summed E-state index contributed by atoms with van der Waals surface area (Å²) in [7, 11) is -0.896. The number of amides is 1. The van der Waals surface area contributed by atoms with Crippen LogP contribution in [0.25, 0.3) is 0 Å². The Kier molecular flexibility index (Phi) is 7.22. The van der Waals surface area contributed by atoms with Crippen molar-refractivity contribution in [2.75, 3.05) is 31.3 Å². The molecule has 2 rings (SSSR count). The van der Waals surface area contributed by atoms with Crippen molar-refractivity contribution < 1.29 is 22.7 Å². The van der Waals surface area contributed by atoms with Gasteiger partial charge in [-0.2, -0.15) is 5.10 Å². The molecule has 29 heavy (non-hydrogen) atoms. The highest BCUT2D eigenvalue weighted by Crippen LogP contribution is 2.33. The van der Waals surface area contributed by atoms with Gasteiger partial charge in [-0.05, 0) is 31.5 Å². The van der Waals surface area contributed by atoms with E-state index in [1.54, 1.807) is 19.1 Å². The summed E-state index contributed by atoms with van der Waals surface area (Å²) in [5.74, 6) is 0.137. The van der Waals surface area contributed by atoms with Crippen LogP contribution in [-0.2, 0) is 14.8 Å². The molecule has 0 spiro atoms. The third kappa shape index (κ3) is 5.95. The van der Waals surface area contributed by atoms with Crippen molar-refractivity contribution in [2.24, 2.45) is 5.10 Å². The Morgan fingerprint density at radius 3 is 2.31 bits per heavy atom. The molecule has 1 N–H and O–H groups in total. The second-order valence-corrected chi connectivity index (χ2v) is 8.31. The molecule has 0 aromatic heterocycles. The standard InChI is InChI=1S/C20H25N3O5S/c1-14-6-8-16(9-7-14)15(2)21-22-20(24)13-23(29(5,25)26)18-12-17(27-3)10-11-19(18)28-4/h6-12H,13H2,1-5H3,(H,22,24)/b21-15-. The fourth-order valence-electron chi connectivity index (χ4n) is 2.54. The molecule has 0 atom stereocenters. The third-order valence-electron chi connectivity index (χ3n) is 4.16. The van der Waals surface area contributed by atoms with E-state index < -0.39 is 22.5 Å². The number of carbonyl (C=O) groups is 1. The molecule has 2 aromatic rings. The molecule has 0 aliphatic rings. The van der Waals surface area contributed by atoms with E-state index in [0.29, 0.717) is 17.2 Å². The second kappa shape index (κ2) is 9.42. The van der Waals surface area contributed by atoms with E-state index in [9.17, 15) is 13.2 Å². The Bertz CT molecular complexity index is 1000. The van der Waals surface area contributed by atoms with Crippen LogP contribution in [0.4, 0.5) is 5.69 Å². The first kappa shape index (κ1) is 22.2. The third-order valence-corrected chi connectivity index (χ3v) is 5.29. The summed E-state index contributed by atoms with van der Waals surface area (Å²) < 4.78 is 36.0. The monoisotopic (exact) mass is 419 g/mol. The van der Waals surface area contributed by atoms with Crippen LogP contribution in [0.1, 0.15) is 18.1 Å². The van der Waals surface area contributed by atoms with Crippen molar-refractivity contribution in [3.63, 3.8) is 0 Å². The van der Waals surface area contributed by atoms with Crippen LogP contribution >= 0.6 is 0 Å². The number of nitrogens with zero attached hydrogens (tertiary/aromatic N) is 2. The zero-order valence-electron chi connectivity index (χ0n) is 17.1. The van der Waals surface area contributed by atoms with E-state index in [1.807, 2.05) is 31.2 Å². The maximum absolute atomic E-state index is 12.4. The first-order valence-corrected chi connectivity index (χ1v) is 10.6. The van der Waals surface area contributed by atoms with Gasteiger partial charge in [0.05, 0.1) is 31.9 Å². The number of hydrazone groups is 1. The Labute approximate surface area is 171 Å². The number of benzene rings is 2. The fraction of sp³-hybridized carbons (Fsp3) is 0.300. The summed E-state index contributed by atoms with van der Waals surface area (Å²) in [6, 6.07) is 12.4. The average Bonchev–Trinajstić information content (AvgIpc) is 2.69. The summed E-state index contributed by atoms with van der Waals surface area (Å²) in [6.07, 6.45) is 1.01. The molecular weight excluding hydrogens is 394 g/mol. The molecule has 0 saturated carbocycles. The molecule has 2 aromatic carbocycles. The molecule has 156 valence electrons. The van der Waals surface area contributed by atoms with Crippen molar-refractivity contribution in [1.29, 1.82) is 0 Å². The molecule has 8 nitrogen and oxygen atoms in total. The Balaban J connectivity index is 2.24. The maximum atomic E-state index is 12.4. The average molecular weight is 420 g/mol. The van der Waals surface area contributed by atoms with Gasteiger partial charge in [0.2, 0.25) is 10.0 Å². The van der Waals surface area contributed by atoms with Crippen molar-refractivity contribution in [3.8, 4) is 11.5 Å². The fourth-order valence-corrected chi connectivity index (χ4v) is 3.40. The lowest BCUT2D eigenvalue weighted by Gasteiger charge is -2.23. The van der Waals surface area contributed by atoms with Gasteiger partial charge in [-0.15, -0.1) is 0 Å². The van der Waals surface area contributed by atoms with Gasteiger partial charge in [0.25, 0.3) is 5.91 Å². The van der Waals surface area contributed by atoms with E-state index >= 15 is 0 Å². The van der Waals surface area contributed by atoms with Crippen molar-refractivity contribution in [2.45, 2.75) is 13.8 Å². The SMILES string of the molecule is COc1ccc(OC)c(N(CC(=O)N/N=C(/C)c2ccc(C)cc2)S(C)(=O)=O)c1. The number of rotatable bonds is 8. The summed E-state index contributed by atoms with van der Waals surface area (Å²) in [4.78, 5) is 12.4. The molecule has 0 heterocycles. The van der Waals surface area contributed by atoms with E-state index in [4.69, 9.17) is 9.47 Å². The number of nitrogens with one attached hydrogen (secondary N) is 1. The van der Waals surface area contributed by atoms with Gasteiger partial charge in [0.1, 0.15) is 18.0 Å². The topological polar surface area (TPSA) is 97.3 Å². The highest BCUT2D eigenvalue weighted by Gasteiger charge is 2.24. The smallest absolute Gasteiger partial charge is 0.260 e. The van der Waals surface area contributed by atoms with Gasteiger partial charge in [-0.1, -0.05) is 29.8 Å².